The van der Waals surface area contributed by atoms with Crippen LogP contribution >= 0.6 is 11.6 Å². The maximum atomic E-state index is 9.86. The highest BCUT2D eigenvalue weighted by molar-refractivity contribution is 6.30. The van der Waals surface area contributed by atoms with E-state index >= 15 is 0 Å². The maximum Gasteiger partial charge on any atom is 0.140 e. The minimum Gasteiger partial charge on any atom is -0.376 e. The van der Waals surface area contributed by atoms with E-state index in [0.29, 0.717) is 5.02 Å². The Morgan fingerprint density at radius 3 is 2.24 bits per heavy atom. The van der Waals surface area contributed by atoms with Crippen molar-refractivity contribution in [1.82, 2.24) is 0 Å². The summed E-state index contributed by atoms with van der Waals surface area (Å²) in [5.74, 6) is 5.72. The SMILES string of the molecule is O[C@H](C#Cc1ccccc1)c1ccc(Cl)cc1. The summed E-state index contributed by atoms with van der Waals surface area (Å²) in [6.45, 7) is 0. The molecule has 1 N–H and O–H groups in total. The molecule has 1 nitrogen and oxygen atoms in total. The van der Waals surface area contributed by atoms with Crippen LogP contribution in [0.2, 0.25) is 5.02 Å². The summed E-state index contributed by atoms with van der Waals surface area (Å²) in [5, 5.41) is 10.5. The molecule has 0 aliphatic carbocycles. The van der Waals surface area contributed by atoms with Crippen molar-refractivity contribution in [3.05, 3.63) is 70.7 Å². The zero-order valence-corrected chi connectivity index (χ0v) is 9.85. The maximum absolute atomic E-state index is 9.86. The van der Waals surface area contributed by atoms with E-state index in [0.717, 1.165) is 11.1 Å². The van der Waals surface area contributed by atoms with Crippen LogP contribution in [-0.4, -0.2) is 5.11 Å². The van der Waals surface area contributed by atoms with Crippen LogP contribution in [0.3, 0.4) is 0 Å². The molecule has 0 heterocycles. The van der Waals surface area contributed by atoms with Crippen molar-refractivity contribution in [3.8, 4) is 11.8 Å². The largest absolute Gasteiger partial charge is 0.376 e. The molecule has 0 spiro atoms. The highest BCUT2D eigenvalue weighted by Crippen LogP contribution is 2.15. The first-order valence-corrected chi connectivity index (χ1v) is 5.63. The molecule has 2 heteroatoms. The summed E-state index contributed by atoms with van der Waals surface area (Å²) < 4.78 is 0. The first-order chi connectivity index (χ1) is 8.25. The second-order valence-corrected chi connectivity index (χ2v) is 4.03. The predicted molar refractivity (Wildman–Crippen MR) is 69.7 cm³/mol. The lowest BCUT2D eigenvalue weighted by molar-refractivity contribution is 0.238. The number of hydrogen-bond acceptors (Lipinski definition) is 1. The topological polar surface area (TPSA) is 20.2 Å². The zero-order chi connectivity index (χ0) is 12.1. The molecule has 0 unspecified atom stereocenters. The highest BCUT2D eigenvalue weighted by Gasteiger charge is 2.02. The zero-order valence-electron chi connectivity index (χ0n) is 9.10. The molecular formula is C15H11ClO. The van der Waals surface area contributed by atoms with Gasteiger partial charge in [-0.25, -0.2) is 0 Å². The number of halogens is 1. The normalized spacial score (nSPS) is 11.4. The van der Waals surface area contributed by atoms with Crippen molar-refractivity contribution in [2.24, 2.45) is 0 Å². The van der Waals surface area contributed by atoms with E-state index < -0.39 is 6.10 Å². The van der Waals surface area contributed by atoms with Gasteiger partial charge in [-0.1, -0.05) is 53.8 Å². The van der Waals surface area contributed by atoms with Crippen LogP contribution in [-0.2, 0) is 0 Å². The summed E-state index contributed by atoms with van der Waals surface area (Å²) >= 11 is 5.77. The number of benzene rings is 2. The molecule has 0 bridgehead atoms. The molecule has 0 aromatic heterocycles. The van der Waals surface area contributed by atoms with Crippen molar-refractivity contribution >= 4 is 11.6 Å². The number of aliphatic hydroxyl groups is 1. The first kappa shape index (κ1) is 11.7. The molecule has 0 amide bonds. The average molecular weight is 243 g/mol. The molecule has 0 aliphatic rings. The van der Waals surface area contributed by atoms with Crippen LogP contribution in [0.5, 0.6) is 0 Å². The van der Waals surface area contributed by atoms with E-state index in [-0.39, 0.29) is 0 Å². The number of aliphatic hydroxyl groups excluding tert-OH is 1. The molecule has 84 valence electrons. The Balaban J connectivity index is 2.15. The summed E-state index contributed by atoms with van der Waals surface area (Å²) in [6.07, 6.45) is -0.785. The second-order valence-electron chi connectivity index (χ2n) is 3.59. The molecule has 0 radical (unpaired) electrons. The van der Waals surface area contributed by atoms with E-state index in [1.165, 1.54) is 0 Å². The van der Waals surface area contributed by atoms with Gasteiger partial charge in [0.15, 0.2) is 0 Å². The molecule has 2 aromatic rings. The Bertz CT molecular complexity index is 535. The van der Waals surface area contributed by atoms with Crippen molar-refractivity contribution < 1.29 is 5.11 Å². The van der Waals surface area contributed by atoms with Crippen molar-refractivity contribution in [2.45, 2.75) is 6.10 Å². The van der Waals surface area contributed by atoms with Gasteiger partial charge in [-0.3, -0.25) is 0 Å². The summed E-state index contributed by atoms with van der Waals surface area (Å²) in [6, 6.07) is 16.6. The predicted octanol–water partition coefficient (Wildman–Crippen LogP) is 3.43. The van der Waals surface area contributed by atoms with E-state index in [1.54, 1.807) is 24.3 Å². The molecule has 17 heavy (non-hydrogen) atoms. The van der Waals surface area contributed by atoms with Gasteiger partial charge < -0.3 is 5.11 Å². The van der Waals surface area contributed by atoms with Crippen molar-refractivity contribution in [1.29, 1.82) is 0 Å². The van der Waals surface area contributed by atoms with E-state index in [4.69, 9.17) is 11.6 Å². The fourth-order valence-corrected chi connectivity index (χ4v) is 1.53. The first-order valence-electron chi connectivity index (χ1n) is 5.26. The minimum atomic E-state index is -0.785. The monoisotopic (exact) mass is 242 g/mol. The van der Waals surface area contributed by atoms with Crippen LogP contribution in [0.25, 0.3) is 0 Å². The number of hydrogen-bond donors (Lipinski definition) is 1. The third-order valence-corrected chi connectivity index (χ3v) is 2.56. The minimum absolute atomic E-state index is 0.650. The smallest absolute Gasteiger partial charge is 0.140 e. The van der Waals surface area contributed by atoms with Gasteiger partial charge in [-0.05, 0) is 29.8 Å². The average Bonchev–Trinajstić information content (AvgIpc) is 2.38. The van der Waals surface area contributed by atoms with Gasteiger partial charge >= 0.3 is 0 Å². The summed E-state index contributed by atoms with van der Waals surface area (Å²) in [4.78, 5) is 0. The van der Waals surface area contributed by atoms with Gasteiger partial charge in [-0.15, -0.1) is 0 Å². The van der Waals surface area contributed by atoms with Crippen molar-refractivity contribution in [2.75, 3.05) is 0 Å². The Morgan fingerprint density at radius 2 is 1.59 bits per heavy atom. The van der Waals surface area contributed by atoms with Gasteiger partial charge in [0.25, 0.3) is 0 Å². The standard InChI is InChI=1S/C15H11ClO/c16-14-9-7-13(8-10-14)15(17)11-6-12-4-2-1-3-5-12/h1-5,7-10,15,17H/t15-/m1/s1. The quantitative estimate of drug-likeness (QED) is 0.760. The van der Waals surface area contributed by atoms with Crippen LogP contribution in [0.15, 0.2) is 54.6 Å². The van der Waals surface area contributed by atoms with Crippen LogP contribution in [0.1, 0.15) is 17.2 Å². The molecule has 0 saturated carbocycles. The Hall–Kier alpha value is -1.75. The van der Waals surface area contributed by atoms with Gasteiger partial charge in [-0.2, -0.15) is 0 Å². The Morgan fingerprint density at radius 1 is 0.941 bits per heavy atom. The lowest BCUT2D eigenvalue weighted by atomic mass is 10.1. The van der Waals surface area contributed by atoms with E-state index in [2.05, 4.69) is 11.8 Å². The summed E-state index contributed by atoms with van der Waals surface area (Å²) in [7, 11) is 0. The highest BCUT2D eigenvalue weighted by atomic mass is 35.5. The molecule has 0 fully saturated rings. The fraction of sp³-hybridized carbons (Fsp3) is 0.0667. The van der Waals surface area contributed by atoms with Gasteiger partial charge in [0, 0.05) is 10.6 Å². The van der Waals surface area contributed by atoms with E-state index in [9.17, 15) is 5.11 Å². The third kappa shape index (κ3) is 3.35. The van der Waals surface area contributed by atoms with Crippen LogP contribution in [0.4, 0.5) is 0 Å². The molecule has 0 aliphatic heterocycles. The van der Waals surface area contributed by atoms with Gasteiger partial charge in [0.05, 0.1) is 0 Å². The molecular weight excluding hydrogens is 232 g/mol. The van der Waals surface area contributed by atoms with Crippen molar-refractivity contribution in [3.63, 3.8) is 0 Å². The fourth-order valence-electron chi connectivity index (χ4n) is 1.40. The third-order valence-electron chi connectivity index (χ3n) is 2.31. The van der Waals surface area contributed by atoms with Crippen LogP contribution in [0, 0.1) is 11.8 Å². The molecule has 2 aromatic carbocycles. The lowest BCUT2D eigenvalue weighted by Crippen LogP contribution is -1.92. The lowest BCUT2D eigenvalue weighted by Gasteiger charge is -2.02. The molecule has 2 rings (SSSR count). The Kier molecular flexibility index (Phi) is 3.82. The number of rotatable bonds is 1. The molecule has 1 atom stereocenters. The summed E-state index contributed by atoms with van der Waals surface area (Å²) in [5.41, 5.74) is 1.64. The van der Waals surface area contributed by atoms with E-state index in [1.807, 2.05) is 30.3 Å². The molecule has 0 saturated heterocycles. The van der Waals surface area contributed by atoms with Gasteiger partial charge in [0.2, 0.25) is 0 Å². The Labute approximate surface area is 106 Å². The second kappa shape index (κ2) is 5.54. The van der Waals surface area contributed by atoms with Gasteiger partial charge in [0.1, 0.15) is 6.10 Å². The van der Waals surface area contributed by atoms with Crippen LogP contribution < -0.4 is 0 Å².